The monoisotopic (exact) mass is 554 g/mol. The molecule has 19 heavy (non-hydrogen) atoms. The van der Waals surface area contributed by atoms with Crippen molar-refractivity contribution in [2.24, 2.45) is 0 Å². The Morgan fingerprint density at radius 1 is 0.526 bits per heavy atom. The molecule has 96 valence electrons. The van der Waals surface area contributed by atoms with Crippen LogP contribution in [0.3, 0.4) is 0 Å². The number of rotatable bonds is 8. The molecule has 0 radical (unpaired) electrons. The van der Waals surface area contributed by atoms with Gasteiger partial charge in [0.25, 0.3) is 0 Å². The SMILES string of the molecule is CB=PP=PP=PP=PP=PP=PP=PP=PP=P. The minimum absolute atomic E-state index is 1.32. The predicted molar refractivity (Wildman–Crippen MR) is 131 cm³/mol. The Morgan fingerprint density at radius 2 is 0.842 bits per heavy atom. The van der Waals surface area contributed by atoms with E-state index in [9.17, 15) is 0 Å². The molecule has 18 heteroatoms. The molecule has 0 rings (SSSR count). The minimum atomic E-state index is 1.32. The Morgan fingerprint density at radius 3 is 1.16 bits per heavy atom. The fraction of sp³-hybridized carbons (Fsp3) is 1.00. The van der Waals surface area contributed by atoms with Crippen LogP contribution in [-0.4, -0.2) is 6.62 Å². The van der Waals surface area contributed by atoms with Gasteiger partial charge in [-0.25, -0.2) is 0 Å². The average molecular weight is 553 g/mol. The van der Waals surface area contributed by atoms with Gasteiger partial charge in [-0.15, -0.1) is 0 Å². The van der Waals surface area contributed by atoms with Crippen molar-refractivity contribution < 1.29 is 0 Å². The van der Waals surface area contributed by atoms with Crippen molar-refractivity contribution in [3.63, 3.8) is 0 Å². The third kappa shape index (κ3) is 23.2. The van der Waals surface area contributed by atoms with Gasteiger partial charge < -0.3 is 0 Å². The summed E-state index contributed by atoms with van der Waals surface area (Å²) < 4.78 is 0. The van der Waals surface area contributed by atoms with Crippen molar-refractivity contribution in [1.29, 1.82) is 0 Å². The van der Waals surface area contributed by atoms with Crippen molar-refractivity contribution in [2.45, 2.75) is 6.82 Å². The van der Waals surface area contributed by atoms with E-state index in [0.717, 1.165) is 0 Å². The van der Waals surface area contributed by atoms with Gasteiger partial charge in [-0.05, 0) is 30.2 Å². The number of hydrogen-bond donors (Lipinski definition) is 0. The summed E-state index contributed by atoms with van der Waals surface area (Å²) in [6.45, 7) is 4.36. The van der Waals surface area contributed by atoms with Crippen molar-refractivity contribution in [1.82, 2.24) is 0 Å². The molecule has 0 atom stereocenters. The molecule has 0 saturated carbocycles. The molecule has 0 aliphatic heterocycles. The second-order valence-electron chi connectivity index (χ2n) is 1.73. The van der Waals surface area contributed by atoms with E-state index < -0.39 is 0 Å². The third-order valence-corrected chi connectivity index (χ3v) is 48.2. The third-order valence-electron chi connectivity index (χ3n) is 0.732. The van der Waals surface area contributed by atoms with Gasteiger partial charge >= 0.3 is 104 Å². The van der Waals surface area contributed by atoms with Gasteiger partial charge in [0, 0.05) is 0 Å². The summed E-state index contributed by atoms with van der Waals surface area (Å²) in [5, 5.41) is 0. The molecule has 0 bridgehead atoms. The van der Waals surface area contributed by atoms with Gasteiger partial charge in [-0.3, -0.25) is 0 Å². The van der Waals surface area contributed by atoms with Crippen LogP contribution in [0.25, 0.3) is 0 Å². The summed E-state index contributed by atoms with van der Waals surface area (Å²) >= 11 is 0. The van der Waals surface area contributed by atoms with Crippen LogP contribution in [0, 0.1) is 0 Å². The smallest absolute Gasteiger partial charge is 0.0835 e. The standard InChI is InChI=1S/CH4BP17/c1-2-4-6-8-10-12-14-16-18-19-17-15-13-11-9-7-5-3/h3H,1H3. The van der Waals surface area contributed by atoms with Crippen LogP contribution < -0.4 is 0 Å². The normalized spacial score (nSPS) is 14.2. The van der Waals surface area contributed by atoms with Gasteiger partial charge in [0.05, 0.1) is 0 Å². The molecule has 0 spiro atoms. The second kappa shape index (κ2) is 23.2. The molecular formula is CH4BP17. The van der Waals surface area contributed by atoms with E-state index in [1.807, 2.05) is 0 Å². The Hall–Kier alpha value is 5.16. The van der Waals surface area contributed by atoms with Crippen LogP contribution in [0.1, 0.15) is 0 Å². The van der Waals surface area contributed by atoms with Gasteiger partial charge in [0.1, 0.15) is 0 Å². The average Bonchev–Trinajstić information content (AvgIpc) is 2.43. The zero-order chi connectivity index (χ0) is 14.0. The molecule has 0 N–H and O–H groups in total. The summed E-state index contributed by atoms with van der Waals surface area (Å²) in [5.41, 5.74) is 0. The van der Waals surface area contributed by atoms with Crippen LogP contribution in [0.5, 0.6) is 0 Å². The van der Waals surface area contributed by atoms with E-state index in [4.69, 9.17) is 0 Å². The maximum atomic E-state index is 3.47. The Bertz CT molecular complexity index is 444. The van der Waals surface area contributed by atoms with Crippen LogP contribution >= 0.6 is 130 Å². The van der Waals surface area contributed by atoms with Crippen LogP contribution in [0.4, 0.5) is 0 Å². The maximum absolute atomic E-state index is 3.47. The fourth-order valence-corrected chi connectivity index (χ4v) is 60.3. The topological polar surface area (TPSA) is 0 Å². The molecule has 0 aromatic heterocycles. The Labute approximate surface area is 142 Å². The minimum Gasteiger partial charge on any atom is -0.0835 e. The summed E-state index contributed by atoms with van der Waals surface area (Å²) in [6, 6.07) is 0. The first-order chi connectivity index (χ1) is 9.41. The molecular weight excluding hydrogens is 549 g/mol. The molecule has 0 aromatic carbocycles. The van der Waals surface area contributed by atoms with Gasteiger partial charge in [-0.2, -0.15) is 0 Å². The van der Waals surface area contributed by atoms with E-state index in [0.29, 0.717) is 0 Å². The Kier molecular flexibility index (Phi) is 29.5. The first-order valence-corrected chi connectivity index (χ1v) is 30.4. The Balaban J connectivity index is 3.84. The zero-order valence-electron chi connectivity index (χ0n) is 9.23. The predicted octanol–water partition coefficient (Wildman–Crippen LogP) is 14.6. The summed E-state index contributed by atoms with van der Waals surface area (Å²) in [5.74, 6) is 0. The fourth-order valence-electron chi connectivity index (χ4n) is 0.309. The van der Waals surface area contributed by atoms with E-state index in [-0.39, 0.29) is 0 Å². The van der Waals surface area contributed by atoms with Crippen LogP contribution in [0.2, 0.25) is 6.82 Å². The van der Waals surface area contributed by atoms with E-state index in [1.165, 1.54) is 38.0 Å². The molecule has 0 unspecified atom stereocenters. The van der Waals surface area contributed by atoms with E-state index in [2.05, 4.69) is 22.0 Å². The van der Waals surface area contributed by atoms with Crippen LogP contribution in [0.15, 0.2) is 0 Å². The quantitative estimate of drug-likeness (QED) is 0.207. The first-order valence-electron chi connectivity index (χ1n) is 4.06. The van der Waals surface area contributed by atoms with Crippen molar-refractivity contribution >= 4 is 136 Å². The van der Waals surface area contributed by atoms with Crippen LogP contribution in [-0.2, 0) is 0 Å². The van der Waals surface area contributed by atoms with Crippen molar-refractivity contribution in [3.8, 4) is 0 Å². The summed E-state index contributed by atoms with van der Waals surface area (Å²) in [4.78, 5) is 0. The zero-order valence-corrected chi connectivity index (χ0v) is 24.5. The molecule has 0 aromatic rings. The molecule has 0 aliphatic rings. The van der Waals surface area contributed by atoms with Crippen molar-refractivity contribution in [3.05, 3.63) is 0 Å². The molecule has 0 nitrogen and oxygen atoms in total. The van der Waals surface area contributed by atoms with Gasteiger partial charge in [0.15, 0.2) is 0 Å². The number of hydrogen-bond acceptors (Lipinski definition) is 0. The van der Waals surface area contributed by atoms with Crippen molar-refractivity contribution in [2.75, 3.05) is 0 Å². The van der Waals surface area contributed by atoms with Gasteiger partial charge in [0.2, 0.25) is 0 Å². The first kappa shape index (κ1) is 24.2. The molecule has 0 heterocycles. The summed E-state index contributed by atoms with van der Waals surface area (Å²) in [7, 11) is 28.2. The molecule has 0 aliphatic carbocycles. The summed E-state index contributed by atoms with van der Waals surface area (Å²) in [6.07, 6.45) is 0. The van der Waals surface area contributed by atoms with E-state index >= 15 is 0 Å². The molecule has 0 fully saturated rings. The second-order valence-corrected chi connectivity index (χ2v) is 38.3. The molecule has 0 amide bonds. The van der Waals surface area contributed by atoms with E-state index in [1.54, 1.807) is 83.1 Å². The molecule has 0 saturated heterocycles. The van der Waals surface area contributed by atoms with Gasteiger partial charge in [-0.1, -0.05) is 8.53 Å².